The zero-order valence-electron chi connectivity index (χ0n) is 13.3. The second-order valence-electron chi connectivity index (χ2n) is 5.62. The first-order valence-corrected chi connectivity index (χ1v) is 10.4. The van der Waals surface area contributed by atoms with Crippen LogP contribution in [0.3, 0.4) is 0 Å². The number of nitrogen functional groups attached to an aromatic ring is 1. The van der Waals surface area contributed by atoms with E-state index < -0.39 is 46.8 Å². The highest BCUT2D eigenvalue weighted by atomic mass is 31.2. The highest BCUT2D eigenvalue weighted by molar-refractivity contribution is 7.46. The topological polar surface area (TPSA) is 220 Å². The minimum absolute atomic E-state index is 0.145. The Balaban J connectivity index is 1.95. The number of nitrogens with two attached hydrogens (primary N) is 1. The summed E-state index contributed by atoms with van der Waals surface area (Å²) in [4.78, 5) is 43.7. The Morgan fingerprint density at radius 3 is 2.56 bits per heavy atom. The number of rotatable bonds is 6. The fourth-order valence-corrected chi connectivity index (χ4v) is 3.61. The van der Waals surface area contributed by atoms with Crippen LogP contribution in [0.2, 0.25) is 0 Å². The lowest BCUT2D eigenvalue weighted by Crippen LogP contribution is -2.35. The van der Waals surface area contributed by atoms with Crippen molar-refractivity contribution in [2.75, 3.05) is 12.3 Å². The van der Waals surface area contributed by atoms with E-state index in [-0.39, 0.29) is 11.5 Å². The molecular formula is C11H16N4O10P2. The van der Waals surface area contributed by atoms with Crippen LogP contribution in [0.15, 0.2) is 18.6 Å². The van der Waals surface area contributed by atoms with Crippen molar-refractivity contribution in [1.29, 1.82) is 0 Å². The van der Waals surface area contributed by atoms with Gasteiger partial charge in [-0.3, -0.25) is 9.05 Å². The Bertz CT molecular complexity index is 925. The second-order valence-corrected chi connectivity index (χ2v) is 8.05. The van der Waals surface area contributed by atoms with Gasteiger partial charge in [0, 0.05) is 6.20 Å². The van der Waals surface area contributed by atoms with E-state index in [0.717, 1.165) is 6.33 Å². The Labute approximate surface area is 151 Å². The standard InChI is InChI=1S/C11H16N4O10P2/c12-9-5-1-2-15(10(5)14-4-13-9)11-8(25-27(20,21)22)7(16)6(24-11)3-23-26(17,18)19/h1-2,4,6-8,11,16H,3H2,(H2,12,13,14)(H2,17,18,19)(H2,20,21,22)/t6-,7-,8-,11-/m1/s1. The Kier molecular flexibility index (Phi) is 5.40. The van der Waals surface area contributed by atoms with Gasteiger partial charge in [0.05, 0.1) is 12.0 Å². The second kappa shape index (κ2) is 7.18. The van der Waals surface area contributed by atoms with E-state index in [1.807, 2.05) is 0 Å². The SMILES string of the molecule is Nc1ncnc2c1ccn2[C@@H]1O[C@H](COP(=O)(O)O)[C@@H](O)[C@H]1OP(=O)(O)O. The molecule has 3 rings (SSSR count). The van der Waals surface area contributed by atoms with Crippen molar-refractivity contribution in [3.8, 4) is 0 Å². The zero-order chi connectivity index (χ0) is 20.0. The number of ether oxygens (including phenoxy) is 1. The average molecular weight is 426 g/mol. The van der Waals surface area contributed by atoms with Gasteiger partial charge in [-0.25, -0.2) is 19.1 Å². The highest BCUT2D eigenvalue weighted by Gasteiger charge is 2.49. The Hall–Kier alpha value is -1.44. The van der Waals surface area contributed by atoms with Gasteiger partial charge in [-0.2, -0.15) is 0 Å². The molecule has 1 aliphatic rings. The Morgan fingerprint density at radius 2 is 1.93 bits per heavy atom. The first kappa shape index (κ1) is 20.3. The number of hydrogen-bond acceptors (Lipinski definition) is 9. The molecule has 0 amide bonds. The molecule has 1 aliphatic heterocycles. The maximum absolute atomic E-state index is 11.3. The number of hydrogen-bond donors (Lipinski definition) is 6. The number of phosphoric ester groups is 2. The summed E-state index contributed by atoms with van der Waals surface area (Å²) in [6.07, 6.45) is -3.34. The van der Waals surface area contributed by atoms with Crippen molar-refractivity contribution in [3.05, 3.63) is 18.6 Å². The van der Waals surface area contributed by atoms with Gasteiger partial charge in [-0.05, 0) is 6.07 Å². The van der Waals surface area contributed by atoms with E-state index in [1.54, 1.807) is 0 Å². The van der Waals surface area contributed by atoms with E-state index in [9.17, 15) is 14.2 Å². The molecule has 0 aliphatic carbocycles. The fourth-order valence-electron chi connectivity index (χ4n) is 2.72. The smallest absolute Gasteiger partial charge is 0.387 e. The van der Waals surface area contributed by atoms with Gasteiger partial charge in [0.1, 0.15) is 36.1 Å². The van der Waals surface area contributed by atoms with Gasteiger partial charge in [-0.1, -0.05) is 0 Å². The number of fused-ring (bicyclic) bond motifs is 1. The van der Waals surface area contributed by atoms with Crippen molar-refractivity contribution in [2.45, 2.75) is 24.5 Å². The summed E-state index contributed by atoms with van der Waals surface area (Å²) in [7, 11) is -9.90. The highest BCUT2D eigenvalue weighted by Crippen LogP contribution is 2.46. The Morgan fingerprint density at radius 1 is 1.22 bits per heavy atom. The minimum Gasteiger partial charge on any atom is -0.387 e. The quantitative estimate of drug-likeness (QED) is 0.301. The van der Waals surface area contributed by atoms with Crippen LogP contribution in [-0.4, -0.2) is 64.1 Å². The summed E-state index contributed by atoms with van der Waals surface area (Å²) in [5.41, 5.74) is 5.97. The van der Waals surface area contributed by atoms with E-state index in [0.29, 0.717) is 5.39 Å². The molecule has 7 N–H and O–H groups in total. The third-order valence-corrected chi connectivity index (χ3v) is 4.80. The summed E-state index contributed by atoms with van der Waals surface area (Å²) in [5.74, 6) is 0.145. The lowest BCUT2D eigenvalue weighted by atomic mass is 10.1. The zero-order valence-corrected chi connectivity index (χ0v) is 15.1. The van der Waals surface area contributed by atoms with Gasteiger partial charge >= 0.3 is 15.6 Å². The van der Waals surface area contributed by atoms with Gasteiger partial charge in [0.2, 0.25) is 0 Å². The van der Waals surface area contributed by atoms with E-state index in [2.05, 4.69) is 19.0 Å². The molecule has 0 unspecified atom stereocenters. The monoisotopic (exact) mass is 426 g/mol. The van der Waals surface area contributed by atoms with E-state index in [4.69, 9.17) is 30.0 Å². The largest absolute Gasteiger partial charge is 0.470 e. The average Bonchev–Trinajstić information content (AvgIpc) is 3.07. The minimum atomic E-state index is -5.04. The molecule has 0 spiro atoms. The van der Waals surface area contributed by atoms with Crippen LogP contribution in [0.1, 0.15) is 6.23 Å². The first-order chi connectivity index (χ1) is 12.5. The van der Waals surface area contributed by atoms with Crippen molar-refractivity contribution in [2.24, 2.45) is 0 Å². The molecule has 3 heterocycles. The molecule has 2 aromatic rings. The third kappa shape index (κ3) is 4.52. The summed E-state index contributed by atoms with van der Waals surface area (Å²) in [5, 5.41) is 10.7. The van der Waals surface area contributed by atoms with Crippen molar-refractivity contribution >= 4 is 32.5 Å². The molecule has 1 saturated heterocycles. The predicted molar refractivity (Wildman–Crippen MR) is 86.8 cm³/mol. The maximum Gasteiger partial charge on any atom is 0.470 e. The van der Waals surface area contributed by atoms with E-state index in [1.165, 1.54) is 16.8 Å². The van der Waals surface area contributed by atoms with Gasteiger partial charge in [-0.15, -0.1) is 0 Å². The maximum atomic E-state index is 11.3. The number of phosphoric acid groups is 2. The molecule has 27 heavy (non-hydrogen) atoms. The number of aromatic nitrogens is 3. The lowest BCUT2D eigenvalue weighted by molar-refractivity contribution is -0.0496. The molecule has 14 nitrogen and oxygen atoms in total. The predicted octanol–water partition coefficient (Wildman–Crippen LogP) is -1.14. The van der Waals surface area contributed by atoms with Crippen molar-refractivity contribution < 1.29 is 47.6 Å². The lowest BCUT2D eigenvalue weighted by Gasteiger charge is -2.22. The van der Waals surface area contributed by atoms with Crippen LogP contribution >= 0.6 is 15.6 Å². The van der Waals surface area contributed by atoms with Crippen LogP contribution in [0.5, 0.6) is 0 Å². The fraction of sp³-hybridized carbons (Fsp3) is 0.455. The molecule has 2 aromatic heterocycles. The van der Waals surface area contributed by atoms with Gasteiger partial charge < -0.3 is 39.7 Å². The third-order valence-electron chi connectivity index (χ3n) is 3.79. The molecule has 0 aromatic carbocycles. The van der Waals surface area contributed by atoms with Crippen molar-refractivity contribution in [1.82, 2.24) is 14.5 Å². The summed E-state index contributed by atoms with van der Waals surface area (Å²) in [6, 6.07) is 1.52. The van der Waals surface area contributed by atoms with Crippen LogP contribution in [-0.2, 0) is 22.9 Å². The van der Waals surface area contributed by atoms with Crippen LogP contribution in [0.4, 0.5) is 5.82 Å². The molecule has 0 saturated carbocycles. The van der Waals surface area contributed by atoms with Crippen molar-refractivity contribution in [3.63, 3.8) is 0 Å². The van der Waals surface area contributed by atoms with E-state index >= 15 is 0 Å². The molecule has 1 fully saturated rings. The van der Waals surface area contributed by atoms with Gasteiger partial charge in [0.15, 0.2) is 6.23 Å². The normalized spacial score (nSPS) is 26.7. The number of nitrogens with zero attached hydrogens (tertiary/aromatic N) is 3. The number of aliphatic hydroxyl groups excluding tert-OH is 1. The van der Waals surface area contributed by atoms with Gasteiger partial charge in [0.25, 0.3) is 0 Å². The summed E-state index contributed by atoms with van der Waals surface area (Å²) in [6.45, 7) is -0.751. The van der Waals surface area contributed by atoms with Crippen LogP contribution < -0.4 is 5.73 Å². The molecule has 4 atom stereocenters. The van der Waals surface area contributed by atoms with Crippen LogP contribution in [0.25, 0.3) is 11.0 Å². The van der Waals surface area contributed by atoms with Crippen LogP contribution in [0, 0.1) is 0 Å². The first-order valence-electron chi connectivity index (χ1n) is 7.31. The number of aliphatic hydroxyl groups is 1. The summed E-state index contributed by atoms with van der Waals surface area (Å²) < 4.78 is 37.9. The number of anilines is 1. The molecular weight excluding hydrogens is 410 g/mol. The summed E-state index contributed by atoms with van der Waals surface area (Å²) >= 11 is 0. The molecule has 16 heteroatoms. The molecule has 150 valence electrons. The molecule has 0 radical (unpaired) electrons. The molecule has 0 bridgehead atoms.